The van der Waals surface area contributed by atoms with Crippen LogP contribution in [0.1, 0.15) is 17.3 Å². The third kappa shape index (κ3) is 3.39. The van der Waals surface area contributed by atoms with Crippen molar-refractivity contribution in [3.63, 3.8) is 0 Å². The molecule has 6 heteroatoms. The van der Waals surface area contributed by atoms with Gasteiger partial charge >= 0.3 is 0 Å². The van der Waals surface area contributed by atoms with Gasteiger partial charge in [0.15, 0.2) is 0 Å². The van der Waals surface area contributed by atoms with Gasteiger partial charge in [-0.25, -0.2) is 4.39 Å². The predicted molar refractivity (Wildman–Crippen MR) is 89.4 cm³/mol. The second kappa shape index (κ2) is 7.20. The van der Waals surface area contributed by atoms with Gasteiger partial charge in [-0.2, -0.15) is 0 Å². The van der Waals surface area contributed by atoms with Crippen molar-refractivity contribution < 1.29 is 13.9 Å². The Balaban J connectivity index is 1.76. The van der Waals surface area contributed by atoms with Crippen LogP contribution in [-0.2, 0) is 4.74 Å². The Kier molecular flexibility index (Phi) is 5.24. The molecule has 2 aliphatic rings. The van der Waals surface area contributed by atoms with Gasteiger partial charge in [-0.1, -0.05) is 13.0 Å². The highest BCUT2D eigenvalue weighted by Crippen LogP contribution is 2.28. The van der Waals surface area contributed by atoms with Crippen molar-refractivity contribution in [1.82, 2.24) is 9.80 Å². The number of amides is 1. The summed E-state index contributed by atoms with van der Waals surface area (Å²) in [7, 11) is 0. The molecule has 23 heavy (non-hydrogen) atoms. The summed E-state index contributed by atoms with van der Waals surface area (Å²) in [5.41, 5.74) is 0.217. The van der Waals surface area contributed by atoms with Gasteiger partial charge in [0.25, 0.3) is 5.91 Å². The third-order valence-electron chi connectivity index (χ3n) is 4.78. The van der Waals surface area contributed by atoms with Crippen LogP contribution in [0.5, 0.6) is 0 Å². The summed E-state index contributed by atoms with van der Waals surface area (Å²) >= 11 is 1.41. The molecule has 1 aromatic rings. The van der Waals surface area contributed by atoms with E-state index in [9.17, 15) is 9.18 Å². The lowest BCUT2D eigenvalue weighted by molar-refractivity contribution is 0.0119. The number of carbonyl (C=O) groups is 1. The molecular weight excluding hydrogens is 315 g/mol. The fourth-order valence-electron chi connectivity index (χ4n) is 3.54. The number of halogens is 1. The maximum absolute atomic E-state index is 14.2. The van der Waals surface area contributed by atoms with Gasteiger partial charge in [-0.3, -0.25) is 9.69 Å². The first kappa shape index (κ1) is 16.7. The van der Waals surface area contributed by atoms with Crippen LogP contribution in [0.3, 0.4) is 0 Å². The molecule has 2 aliphatic heterocycles. The number of ether oxygens (including phenoxy) is 1. The van der Waals surface area contributed by atoms with Crippen LogP contribution in [0.4, 0.5) is 4.39 Å². The number of benzene rings is 1. The lowest BCUT2D eigenvalue weighted by atomic mass is 10.0. The molecule has 0 N–H and O–H groups in total. The zero-order valence-electron chi connectivity index (χ0n) is 13.6. The van der Waals surface area contributed by atoms with E-state index in [0.29, 0.717) is 29.9 Å². The molecule has 0 bridgehead atoms. The molecule has 0 radical (unpaired) electrons. The van der Waals surface area contributed by atoms with Crippen LogP contribution in [0.25, 0.3) is 0 Å². The molecule has 0 spiro atoms. The van der Waals surface area contributed by atoms with Gasteiger partial charge in [0.1, 0.15) is 5.82 Å². The van der Waals surface area contributed by atoms with E-state index < -0.39 is 5.82 Å². The van der Waals surface area contributed by atoms with Gasteiger partial charge in [0.2, 0.25) is 0 Å². The van der Waals surface area contributed by atoms with E-state index in [4.69, 9.17) is 4.74 Å². The van der Waals surface area contributed by atoms with Gasteiger partial charge in [0.05, 0.1) is 18.8 Å². The molecule has 4 nitrogen and oxygen atoms in total. The van der Waals surface area contributed by atoms with Gasteiger partial charge in [-0.05, 0) is 24.3 Å². The van der Waals surface area contributed by atoms with Crippen molar-refractivity contribution in [1.29, 1.82) is 0 Å². The van der Waals surface area contributed by atoms with Gasteiger partial charge < -0.3 is 9.64 Å². The number of hydrogen-bond acceptors (Lipinski definition) is 4. The van der Waals surface area contributed by atoms with Gasteiger partial charge in [-0.15, -0.1) is 11.8 Å². The predicted octanol–water partition coefficient (Wildman–Crippen LogP) is 2.34. The highest BCUT2D eigenvalue weighted by atomic mass is 32.2. The van der Waals surface area contributed by atoms with Gasteiger partial charge in [0, 0.05) is 37.1 Å². The second-order valence-electron chi connectivity index (χ2n) is 6.22. The summed E-state index contributed by atoms with van der Waals surface area (Å²) in [6, 6.07) is 5.17. The molecule has 0 unspecified atom stereocenters. The summed E-state index contributed by atoms with van der Waals surface area (Å²) in [6.07, 6.45) is 1.87. The first-order valence-corrected chi connectivity index (χ1v) is 9.28. The number of thioether (sulfide) groups is 1. The molecule has 0 aliphatic carbocycles. The van der Waals surface area contributed by atoms with Crippen molar-refractivity contribution in [2.24, 2.45) is 5.92 Å². The topological polar surface area (TPSA) is 32.8 Å². The average Bonchev–Trinajstić information content (AvgIpc) is 2.96. The third-order valence-corrected chi connectivity index (χ3v) is 5.56. The minimum atomic E-state index is -0.427. The number of nitrogens with zero attached hydrogens (tertiary/aromatic N) is 2. The number of morpholine rings is 1. The molecule has 2 fully saturated rings. The summed E-state index contributed by atoms with van der Waals surface area (Å²) in [5.74, 6) is -0.221. The van der Waals surface area contributed by atoms with Crippen molar-refractivity contribution >= 4 is 17.7 Å². The van der Waals surface area contributed by atoms with E-state index in [1.807, 2.05) is 11.2 Å². The monoisotopic (exact) mass is 338 g/mol. The number of carbonyl (C=O) groups excluding carboxylic acids is 1. The molecule has 1 aromatic carbocycles. The minimum absolute atomic E-state index is 0.185. The van der Waals surface area contributed by atoms with E-state index in [0.717, 1.165) is 26.3 Å². The zero-order chi connectivity index (χ0) is 16.4. The molecule has 2 heterocycles. The van der Waals surface area contributed by atoms with Crippen LogP contribution in [0.15, 0.2) is 23.1 Å². The summed E-state index contributed by atoms with van der Waals surface area (Å²) < 4.78 is 19.6. The fraction of sp³-hybridized carbons (Fsp3) is 0.588. The highest BCUT2D eigenvalue weighted by Gasteiger charge is 2.37. The lowest BCUT2D eigenvalue weighted by Gasteiger charge is -2.34. The number of likely N-dealkylation sites (tertiary alicyclic amines) is 1. The Hall–Kier alpha value is -1.11. The minimum Gasteiger partial charge on any atom is -0.379 e. The van der Waals surface area contributed by atoms with Crippen LogP contribution in [0, 0.1) is 11.7 Å². The normalized spacial score (nSPS) is 25.8. The average molecular weight is 338 g/mol. The fourth-order valence-corrected chi connectivity index (χ4v) is 4.14. The first-order chi connectivity index (χ1) is 11.1. The molecule has 1 amide bonds. The molecule has 0 saturated carbocycles. The van der Waals surface area contributed by atoms with Crippen LogP contribution < -0.4 is 0 Å². The number of hydrogen-bond donors (Lipinski definition) is 0. The smallest absolute Gasteiger partial charge is 0.258 e. The van der Waals surface area contributed by atoms with E-state index in [1.54, 1.807) is 12.1 Å². The molecular formula is C17H23FN2O2S. The van der Waals surface area contributed by atoms with E-state index in [1.165, 1.54) is 17.8 Å². The van der Waals surface area contributed by atoms with Crippen LogP contribution in [0.2, 0.25) is 0 Å². The van der Waals surface area contributed by atoms with Crippen molar-refractivity contribution in [3.8, 4) is 0 Å². The molecule has 0 aromatic heterocycles. The molecule has 2 atom stereocenters. The van der Waals surface area contributed by atoms with E-state index in [2.05, 4.69) is 11.8 Å². The van der Waals surface area contributed by atoms with Crippen LogP contribution >= 0.6 is 11.8 Å². The lowest BCUT2D eigenvalue weighted by Crippen LogP contribution is -2.47. The largest absolute Gasteiger partial charge is 0.379 e. The van der Waals surface area contributed by atoms with E-state index >= 15 is 0 Å². The molecule has 2 saturated heterocycles. The maximum atomic E-state index is 14.2. The Morgan fingerprint density at radius 2 is 2.04 bits per heavy atom. The standard InChI is InChI=1S/C17H23FN2O2S/c1-12-10-20(11-14(12)19-6-8-22-9-7-19)17(21)16-13(18)4-3-5-15(16)23-2/h3-5,12,14H,6-11H2,1-2H3/t12-,14-/m0/s1. The summed E-state index contributed by atoms with van der Waals surface area (Å²) in [4.78, 5) is 17.8. The first-order valence-electron chi connectivity index (χ1n) is 8.05. The number of rotatable bonds is 3. The van der Waals surface area contributed by atoms with Crippen molar-refractivity contribution in [3.05, 3.63) is 29.6 Å². The Labute approximate surface area is 141 Å². The summed E-state index contributed by atoms with van der Waals surface area (Å²) in [6.45, 7) is 6.84. The summed E-state index contributed by atoms with van der Waals surface area (Å²) in [5, 5.41) is 0. The molecule has 3 rings (SSSR count). The highest BCUT2D eigenvalue weighted by molar-refractivity contribution is 7.98. The Morgan fingerprint density at radius 1 is 1.30 bits per heavy atom. The maximum Gasteiger partial charge on any atom is 0.258 e. The molecule has 126 valence electrons. The van der Waals surface area contributed by atoms with Crippen molar-refractivity contribution in [2.45, 2.75) is 17.9 Å². The Bertz CT molecular complexity index is 578. The van der Waals surface area contributed by atoms with Crippen LogP contribution in [-0.4, -0.2) is 67.4 Å². The SMILES string of the molecule is CSc1cccc(F)c1C(=O)N1C[C@H](C)[C@@H](N2CCOCC2)C1. The van der Waals surface area contributed by atoms with Crippen molar-refractivity contribution in [2.75, 3.05) is 45.6 Å². The Morgan fingerprint density at radius 3 is 2.74 bits per heavy atom. The second-order valence-corrected chi connectivity index (χ2v) is 7.07. The van der Waals surface area contributed by atoms with E-state index in [-0.39, 0.29) is 11.5 Å². The quantitative estimate of drug-likeness (QED) is 0.792. The zero-order valence-corrected chi connectivity index (χ0v) is 14.4.